The third-order valence-corrected chi connectivity index (χ3v) is 3.04. The molecular weight excluding hydrogens is 182 g/mol. The van der Waals surface area contributed by atoms with E-state index in [1.165, 1.54) is 11.3 Å². The van der Waals surface area contributed by atoms with Crippen LogP contribution in [0.3, 0.4) is 0 Å². The van der Waals surface area contributed by atoms with Crippen molar-refractivity contribution in [1.82, 2.24) is 0 Å². The van der Waals surface area contributed by atoms with Gasteiger partial charge in [-0.05, 0) is 25.1 Å². The predicted molar refractivity (Wildman–Crippen MR) is 52.9 cm³/mol. The highest BCUT2D eigenvalue weighted by Crippen LogP contribution is 2.36. The fraction of sp³-hybridized carbons (Fsp3) is 0.100. The number of nitriles is 1. The van der Waals surface area contributed by atoms with Gasteiger partial charge in [0.25, 0.3) is 0 Å². The molecule has 0 aliphatic rings. The maximum absolute atomic E-state index is 9.62. The van der Waals surface area contributed by atoms with Crippen molar-refractivity contribution in [2.24, 2.45) is 0 Å². The molecule has 1 aromatic carbocycles. The highest BCUT2D eigenvalue weighted by Gasteiger charge is 2.07. The fourth-order valence-corrected chi connectivity index (χ4v) is 2.21. The number of nitrogens with zero attached hydrogens (tertiary/aromatic N) is 1. The van der Waals surface area contributed by atoms with Gasteiger partial charge in [-0.3, -0.25) is 0 Å². The Morgan fingerprint density at radius 2 is 2.23 bits per heavy atom. The van der Waals surface area contributed by atoms with Crippen LogP contribution >= 0.6 is 11.3 Å². The molecule has 0 atom stereocenters. The van der Waals surface area contributed by atoms with Crippen LogP contribution in [0, 0.1) is 18.3 Å². The first kappa shape index (κ1) is 8.09. The largest absolute Gasteiger partial charge is 0.506 e. The van der Waals surface area contributed by atoms with Crippen molar-refractivity contribution in [1.29, 1.82) is 5.26 Å². The highest BCUT2D eigenvalue weighted by atomic mass is 32.1. The van der Waals surface area contributed by atoms with E-state index < -0.39 is 0 Å². The average molecular weight is 189 g/mol. The fourth-order valence-electron chi connectivity index (χ4n) is 1.28. The zero-order chi connectivity index (χ0) is 9.42. The van der Waals surface area contributed by atoms with Crippen molar-refractivity contribution in [3.8, 4) is 11.8 Å². The summed E-state index contributed by atoms with van der Waals surface area (Å²) >= 11 is 1.54. The molecule has 0 fully saturated rings. The number of aryl methyl sites for hydroxylation is 1. The van der Waals surface area contributed by atoms with E-state index in [9.17, 15) is 5.11 Å². The van der Waals surface area contributed by atoms with E-state index in [0.717, 1.165) is 15.0 Å². The summed E-state index contributed by atoms with van der Waals surface area (Å²) in [7, 11) is 0. The van der Waals surface area contributed by atoms with Gasteiger partial charge < -0.3 is 5.11 Å². The van der Waals surface area contributed by atoms with Crippen LogP contribution in [0.1, 0.15) is 10.4 Å². The first-order valence-corrected chi connectivity index (χ1v) is 4.66. The van der Waals surface area contributed by atoms with Crippen LogP contribution in [0.2, 0.25) is 0 Å². The first-order chi connectivity index (χ1) is 6.22. The number of rotatable bonds is 0. The minimum atomic E-state index is 0.303. The zero-order valence-corrected chi connectivity index (χ0v) is 7.85. The van der Waals surface area contributed by atoms with Crippen molar-refractivity contribution in [3.05, 3.63) is 28.6 Å². The second kappa shape index (κ2) is 2.75. The van der Waals surface area contributed by atoms with Crippen molar-refractivity contribution < 1.29 is 5.11 Å². The molecule has 0 saturated heterocycles. The van der Waals surface area contributed by atoms with Crippen LogP contribution in [-0.2, 0) is 0 Å². The van der Waals surface area contributed by atoms with Gasteiger partial charge in [-0.1, -0.05) is 0 Å². The predicted octanol–water partition coefficient (Wildman–Crippen LogP) is 2.79. The third-order valence-electron chi connectivity index (χ3n) is 1.96. The maximum atomic E-state index is 9.62. The number of thiophene rings is 1. The molecule has 13 heavy (non-hydrogen) atoms. The number of hydrogen-bond acceptors (Lipinski definition) is 3. The van der Waals surface area contributed by atoms with E-state index in [-0.39, 0.29) is 0 Å². The summed E-state index contributed by atoms with van der Waals surface area (Å²) in [5, 5.41) is 19.1. The Kier molecular flexibility index (Phi) is 1.71. The van der Waals surface area contributed by atoms with E-state index in [1.807, 2.05) is 19.1 Å². The lowest BCUT2D eigenvalue weighted by atomic mass is 10.2. The molecule has 0 amide bonds. The molecule has 0 aliphatic heterocycles. The average Bonchev–Trinajstić information content (AvgIpc) is 2.43. The summed E-state index contributed by atoms with van der Waals surface area (Å²) < 4.78 is 1.02. The van der Waals surface area contributed by atoms with Gasteiger partial charge in [-0.15, -0.1) is 11.3 Å². The molecule has 2 rings (SSSR count). The van der Waals surface area contributed by atoms with Crippen molar-refractivity contribution in [3.63, 3.8) is 0 Å². The van der Waals surface area contributed by atoms with Gasteiger partial charge in [-0.2, -0.15) is 5.26 Å². The van der Waals surface area contributed by atoms with Gasteiger partial charge in [0.2, 0.25) is 0 Å². The van der Waals surface area contributed by atoms with E-state index in [1.54, 1.807) is 12.1 Å². The molecule has 1 aromatic heterocycles. The Hall–Kier alpha value is -1.53. The Bertz CT molecular complexity index is 507. The minimum absolute atomic E-state index is 0.303. The first-order valence-electron chi connectivity index (χ1n) is 3.84. The molecule has 64 valence electrons. The van der Waals surface area contributed by atoms with E-state index in [2.05, 4.69) is 0 Å². The summed E-state index contributed by atoms with van der Waals surface area (Å²) in [5.41, 5.74) is 0.584. The van der Waals surface area contributed by atoms with Gasteiger partial charge in [0.15, 0.2) is 0 Å². The maximum Gasteiger partial charge on any atom is 0.137 e. The van der Waals surface area contributed by atoms with Gasteiger partial charge in [-0.25, -0.2) is 0 Å². The molecule has 3 heteroatoms. The Morgan fingerprint density at radius 3 is 2.92 bits per heavy atom. The van der Waals surface area contributed by atoms with E-state index in [0.29, 0.717) is 11.3 Å². The van der Waals surface area contributed by atoms with Crippen molar-refractivity contribution in [2.75, 3.05) is 0 Å². The number of benzene rings is 1. The molecular formula is C10H7NOS. The molecule has 0 spiro atoms. The Balaban J connectivity index is 2.84. The monoisotopic (exact) mass is 189 g/mol. The molecule has 0 aliphatic carbocycles. The molecule has 0 unspecified atom stereocenters. The lowest BCUT2D eigenvalue weighted by Gasteiger charge is -1.91. The quantitative estimate of drug-likeness (QED) is 0.692. The van der Waals surface area contributed by atoms with Crippen LogP contribution in [0.25, 0.3) is 10.1 Å². The van der Waals surface area contributed by atoms with Crippen LogP contribution in [0.4, 0.5) is 0 Å². The zero-order valence-electron chi connectivity index (χ0n) is 7.03. The molecule has 0 saturated carbocycles. The van der Waals surface area contributed by atoms with Gasteiger partial charge in [0.05, 0.1) is 11.6 Å². The standard InChI is InChI=1S/C10H7NOS/c1-6-10(12)8-4-7(5-11)2-3-9(8)13-6/h2-4,12H,1H3. The molecule has 0 bridgehead atoms. The summed E-state index contributed by atoms with van der Waals surface area (Å²) in [5.74, 6) is 0.303. The van der Waals surface area contributed by atoms with Gasteiger partial charge in [0.1, 0.15) is 5.75 Å². The Labute approximate surface area is 79.7 Å². The van der Waals surface area contributed by atoms with Crippen LogP contribution in [0.5, 0.6) is 5.75 Å². The van der Waals surface area contributed by atoms with Crippen LogP contribution < -0.4 is 0 Å². The van der Waals surface area contributed by atoms with E-state index >= 15 is 0 Å². The van der Waals surface area contributed by atoms with Gasteiger partial charge in [0, 0.05) is 15.0 Å². The normalized spacial score (nSPS) is 10.2. The van der Waals surface area contributed by atoms with Crippen LogP contribution in [-0.4, -0.2) is 5.11 Å². The summed E-state index contributed by atoms with van der Waals surface area (Å²) in [6.07, 6.45) is 0. The van der Waals surface area contributed by atoms with Crippen LogP contribution in [0.15, 0.2) is 18.2 Å². The van der Waals surface area contributed by atoms with Crippen molar-refractivity contribution >= 4 is 21.4 Å². The van der Waals surface area contributed by atoms with Gasteiger partial charge >= 0.3 is 0 Å². The highest BCUT2D eigenvalue weighted by molar-refractivity contribution is 7.19. The molecule has 0 radical (unpaired) electrons. The number of fused-ring (bicyclic) bond motifs is 1. The second-order valence-electron chi connectivity index (χ2n) is 2.83. The lowest BCUT2D eigenvalue weighted by Crippen LogP contribution is -1.71. The SMILES string of the molecule is Cc1sc2ccc(C#N)cc2c1O. The summed E-state index contributed by atoms with van der Waals surface area (Å²) in [4.78, 5) is 0.894. The molecule has 1 N–H and O–H groups in total. The second-order valence-corrected chi connectivity index (χ2v) is 4.09. The molecule has 1 heterocycles. The molecule has 2 nitrogen and oxygen atoms in total. The summed E-state index contributed by atoms with van der Waals surface area (Å²) in [6.45, 7) is 1.87. The smallest absolute Gasteiger partial charge is 0.137 e. The lowest BCUT2D eigenvalue weighted by molar-refractivity contribution is 0.480. The number of aromatic hydroxyl groups is 1. The molecule has 2 aromatic rings. The van der Waals surface area contributed by atoms with E-state index in [4.69, 9.17) is 5.26 Å². The number of hydrogen-bond donors (Lipinski definition) is 1. The summed E-state index contributed by atoms with van der Waals surface area (Å²) in [6, 6.07) is 7.39. The Morgan fingerprint density at radius 1 is 1.46 bits per heavy atom. The minimum Gasteiger partial charge on any atom is -0.506 e. The third kappa shape index (κ3) is 1.16. The van der Waals surface area contributed by atoms with Crippen molar-refractivity contribution in [2.45, 2.75) is 6.92 Å². The topological polar surface area (TPSA) is 44.0 Å².